The number of nitrogens with one attached hydrogen (secondary N) is 2. The van der Waals surface area contributed by atoms with Gasteiger partial charge in [-0.25, -0.2) is 4.99 Å². The lowest BCUT2D eigenvalue weighted by Crippen LogP contribution is -2.53. The summed E-state index contributed by atoms with van der Waals surface area (Å²) in [5, 5.41) is 28.0. The molecular formula is C22H35N7OS. The third kappa shape index (κ3) is 5.84. The second-order valence-electron chi connectivity index (χ2n) is 8.69. The average Bonchev–Trinajstić information content (AvgIpc) is 3.42. The van der Waals surface area contributed by atoms with Gasteiger partial charge in [-0.15, -0.1) is 21.5 Å². The molecule has 0 amide bonds. The minimum atomic E-state index is -0.155. The fourth-order valence-electron chi connectivity index (χ4n) is 4.56. The second-order valence-corrected chi connectivity index (χ2v) is 9.73. The van der Waals surface area contributed by atoms with Crippen LogP contribution in [0.15, 0.2) is 22.5 Å². The van der Waals surface area contributed by atoms with E-state index in [2.05, 4.69) is 43.2 Å². The third-order valence-electron chi connectivity index (χ3n) is 6.60. The zero-order valence-electron chi connectivity index (χ0n) is 18.6. The van der Waals surface area contributed by atoms with Crippen molar-refractivity contribution in [2.24, 2.45) is 12.0 Å². The van der Waals surface area contributed by atoms with E-state index < -0.39 is 0 Å². The van der Waals surface area contributed by atoms with Crippen molar-refractivity contribution in [1.29, 1.82) is 0 Å². The molecule has 4 rings (SSSR count). The van der Waals surface area contributed by atoms with Gasteiger partial charge in [-0.1, -0.05) is 18.9 Å². The van der Waals surface area contributed by atoms with Gasteiger partial charge in [0.15, 0.2) is 11.8 Å². The molecule has 2 aliphatic rings. The number of aromatic nitrogens is 3. The third-order valence-corrected chi connectivity index (χ3v) is 7.48. The van der Waals surface area contributed by atoms with Crippen LogP contribution >= 0.6 is 11.3 Å². The highest BCUT2D eigenvalue weighted by atomic mass is 32.1. The van der Waals surface area contributed by atoms with Gasteiger partial charge < -0.3 is 20.3 Å². The van der Waals surface area contributed by atoms with Crippen molar-refractivity contribution in [3.8, 4) is 0 Å². The molecule has 31 heavy (non-hydrogen) atoms. The van der Waals surface area contributed by atoms with Crippen molar-refractivity contribution in [2.45, 2.75) is 76.7 Å². The van der Waals surface area contributed by atoms with Crippen LogP contribution in [-0.4, -0.2) is 62.0 Å². The first-order valence-electron chi connectivity index (χ1n) is 11.4. The molecule has 3 heterocycles. The number of aliphatic hydroxyl groups excluding tert-OH is 1. The normalized spacial score (nSPS) is 23.8. The van der Waals surface area contributed by atoms with E-state index in [0.29, 0.717) is 18.6 Å². The van der Waals surface area contributed by atoms with Gasteiger partial charge in [0.1, 0.15) is 12.4 Å². The highest BCUT2D eigenvalue weighted by Crippen LogP contribution is 2.25. The molecule has 0 bridgehead atoms. The Labute approximate surface area is 188 Å². The van der Waals surface area contributed by atoms with Gasteiger partial charge in [-0.3, -0.25) is 4.90 Å². The lowest BCUT2D eigenvalue weighted by molar-refractivity contribution is 0.00810. The summed E-state index contributed by atoms with van der Waals surface area (Å²) in [6.45, 7) is 5.25. The number of aliphatic hydroxyl groups is 1. The van der Waals surface area contributed by atoms with Gasteiger partial charge >= 0.3 is 0 Å². The lowest BCUT2D eigenvalue weighted by atomic mass is 9.89. The fraction of sp³-hybridized carbons (Fsp3) is 0.682. The van der Waals surface area contributed by atoms with Crippen molar-refractivity contribution in [3.63, 3.8) is 0 Å². The molecule has 1 aliphatic heterocycles. The summed E-state index contributed by atoms with van der Waals surface area (Å²) in [7, 11) is 1.97. The first-order chi connectivity index (χ1) is 15.1. The van der Waals surface area contributed by atoms with Crippen molar-refractivity contribution >= 4 is 17.3 Å². The number of likely N-dealkylation sites (tertiary alicyclic amines) is 1. The van der Waals surface area contributed by atoms with Gasteiger partial charge in [0.2, 0.25) is 0 Å². The highest BCUT2D eigenvalue weighted by Gasteiger charge is 2.31. The molecule has 8 nitrogen and oxygen atoms in total. The van der Waals surface area contributed by atoms with Crippen LogP contribution in [0.2, 0.25) is 0 Å². The summed E-state index contributed by atoms with van der Waals surface area (Å²) in [5.41, 5.74) is 0. The van der Waals surface area contributed by atoms with Gasteiger partial charge in [-0.05, 0) is 44.1 Å². The van der Waals surface area contributed by atoms with Crippen LogP contribution in [0.4, 0.5) is 0 Å². The molecule has 9 heteroatoms. The van der Waals surface area contributed by atoms with E-state index in [1.54, 1.807) is 11.3 Å². The Hall–Kier alpha value is -1.97. The fourth-order valence-corrected chi connectivity index (χ4v) is 5.21. The minimum absolute atomic E-state index is 0.155. The zero-order chi connectivity index (χ0) is 21.6. The maximum atomic E-state index is 10.4. The second kappa shape index (κ2) is 10.6. The molecular weight excluding hydrogens is 410 g/mol. The predicted octanol–water partition coefficient (Wildman–Crippen LogP) is 2.19. The zero-order valence-corrected chi connectivity index (χ0v) is 19.4. The van der Waals surface area contributed by atoms with Crippen molar-refractivity contribution in [1.82, 2.24) is 30.3 Å². The Balaban J connectivity index is 1.35. The largest absolute Gasteiger partial charge is 0.391 e. The first-order valence-corrected chi connectivity index (χ1v) is 12.3. The summed E-state index contributed by atoms with van der Waals surface area (Å²) in [4.78, 5) is 8.59. The topological polar surface area (TPSA) is 90.6 Å². The van der Waals surface area contributed by atoms with E-state index in [9.17, 15) is 5.11 Å². The van der Waals surface area contributed by atoms with Crippen molar-refractivity contribution in [3.05, 3.63) is 34.0 Å². The van der Waals surface area contributed by atoms with Crippen LogP contribution in [0.1, 0.15) is 55.1 Å². The van der Waals surface area contributed by atoms with E-state index >= 15 is 0 Å². The smallest absolute Gasteiger partial charge is 0.192 e. The average molecular weight is 446 g/mol. The number of guanidine groups is 1. The summed E-state index contributed by atoms with van der Waals surface area (Å²) < 4.78 is 1.98. The van der Waals surface area contributed by atoms with E-state index in [-0.39, 0.29) is 6.10 Å². The van der Waals surface area contributed by atoms with Crippen molar-refractivity contribution < 1.29 is 5.11 Å². The molecule has 2 fully saturated rings. The van der Waals surface area contributed by atoms with Gasteiger partial charge in [-0.2, -0.15) is 0 Å². The van der Waals surface area contributed by atoms with Gasteiger partial charge in [0.05, 0.1) is 12.6 Å². The Morgan fingerprint density at radius 1 is 1.23 bits per heavy atom. The number of piperidine rings is 1. The number of hydrogen-bond acceptors (Lipinski definition) is 6. The van der Waals surface area contributed by atoms with Crippen molar-refractivity contribution in [2.75, 3.05) is 13.1 Å². The van der Waals surface area contributed by atoms with E-state index in [1.165, 1.54) is 11.3 Å². The van der Waals surface area contributed by atoms with E-state index in [0.717, 1.165) is 69.3 Å². The van der Waals surface area contributed by atoms with Crippen LogP contribution < -0.4 is 10.6 Å². The standard InChI is InChI=1S/C22H35N7OS/c1-16-26-27-21(28(16)2)15-24-22(23-14-18-6-5-13-31-18)25-17-9-11-29(12-10-17)19-7-3-4-8-20(19)30/h5-6,13,17,19-20,30H,3-4,7-12,14-15H2,1-2H3,(H2,23,24,25). The number of aliphatic imine (C=N–C) groups is 1. The number of aryl methyl sites for hydroxylation is 1. The molecule has 3 N–H and O–H groups in total. The highest BCUT2D eigenvalue weighted by molar-refractivity contribution is 7.09. The Morgan fingerprint density at radius 3 is 2.71 bits per heavy atom. The molecule has 1 aliphatic carbocycles. The van der Waals surface area contributed by atoms with Crippen LogP contribution in [0.25, 0.3) is 0 Å². The quantitative estimate of drug-likeness (QED) is 0.466. The van der Waals surface area contributed by atoms with Gasteiger partial charge in [0.25, 0.3) is 0 Å². The van der Waals surface area contributed by atoms with Crippen LogP contribution in [-0.2, 0) is 20.1 Å². The maximum absolute atomic E-state index is 10.4. The molecule has 2 aromatic heterocycles. The summed E-state index contributed by atoms with van der Waals surface area (Å²) in [6.07, 6.45) is 6.45. The molecule has 0 aromatic carbocycles. The summed E-state index contributed by atoms with van der Waals surface area (Å²) in [5.74, 6) is 2.57. The molecule has 2 aromatic rings. The maximum Gasteiger partial charge on any atom is 0.192 e. The van der Waals surface area contributed by atoms with Crippen LogP contribution in [0, 0.1) is 6.92 Å². The number of hydrogen-bond donors (Lipinski definition) is 3. The Kier molecular flexibility index (Phi) is 7.58. The summed E-state index contributed by atoms with van der Waals surface area (Å²) >= 11 is 1.75. The molecule has 0 spiro atoms. The molecule has 1 saturated carbocycles. The van der Waals surface area contributed by atoms with E-state index in [4.69, 9.17) is 4.99 Å². The van der Waals surface area contributed by atoms with Gasteiger partial charge in [0, 0.05) is 37.1 Å². The number of nitrogens with zero attached hydrogens (tertiary/aromatic N) is 5. The van der Waals surface area contributed by atoms with Crippen LogP contribution in [0.3, 0.4) is 0 Å². The Bertz CT molecular complexity index is 842. The van der Waals surface area contributed by atoms with E-state index in [1.807, 2.05) is 18.5 Å². The lowest BCUT2D eigenvalue weighted by Gasteiger charge is -2.41. The molecule has 2 unspecified atom stereocenters. The molecule has 170 valence electrons. The molecule has 2 atom stereocenters. The number of rotatable bonds is 6. The minimum Gasteiger partial charge on any atom is -0.391 e. The monoisotopic (exact) mass is 445 g/mol. The number of thiophene rings is 1. The Morgan fingerprint density at radius 2 is 2.03 bits per heavy atom. The predicted molar refractivity (Wildman–Crippen MR) is 124 cm³/mol. The first kappa shape index (κ1) is 22.2. The SMILES string of the molecule is Cc1nnc(CN=C(NCc2cccs2)NC2CCN(C3CCCCC3O)CC2)n1C. The molecule has 1 saturated heterocycles. The van der Waals surface area contributed by atoms with Crippen LogP contribution in [0.5, 0.6) is 0 Å². The summed E-state index contributed by atoms with van der Waals surface area (Å²) in [6, 6.07) is 4.94. The molecule has 0 radical (unpaired) electrons.